The lowest BCUT2D eigenvalue weighted by Gasteiger charge is -2.30. The minimum atomic E-state index is -4.26. The highest BCUT2D eigenvalue weighted by molar-refractivity contribution is 7.86. The lowest BCUT2D eigenvalue weighted by molar-refractivity contribution is -0.437. The SMILES string of the molecule is CCCCOC(=O)c1cc(CONC(C)C)cc2c1C(C)(C)C(C=CC=CC=C1N(CCCS(=O)(=O)O)c3ccccc3C1(C)CCCS(=O)(=O)O)=[N+]2CCCS(=O)(=O)O. The Kier molecular flexibility index (Phi) is 16.6. The Bertz CT molecular complexity index is 2330. The van der Waals surface area contributed by atoms with E-state index in [1.54, 1.807) is 18.2 Å². The van der Waals surface area contributed by atoms with Gasteiger partial charge in [-0.1, -0.05) is 49.8 Å². The standard InChI is InChI=1S/C42H59N3O12S3/c1-7-8-24-56-40(46)33-28-32(30-57-43-31(2)3)29-36-39(33)41(4,5)37(45(36)23-16-27-60(53,54)55)19-10-9-11-20-38-42(6,21-14-25-58(47,48)49)34-17-12-13-18-35(34)44(38)22-15-26-59(50,51)52/h9-13,17-20,28-29,31,43H,7-8,14-16,21-27,30H2,1-6H3,(H2-,47,48,49,50,51,52,53,54,55)/p+1. The van der Waals surface area contributed by atoms with Gasteiger partial charge in [-0.3, -0.25) is 18.5 Å². The summed E-state index contributed by atoms with van der Waals surface area (Å²) in [5, 5.41) is 0. The first-order valence-corrected chi connectivity index (χ1v) is 25.0. The average molecular weight is 895 g/mol. The zero-order chi connectivity index (χ0) is 44.5. The molecule has 0 saturated heterocycles. The van der Waals surface area contributed by atoms with Gasteiger partial charge in [0.2, 0.25) is 5.69 Å². The number of allylic oxidation sites excluding steroid dienone is 6. The zero-order valence-corrected chi connectivity index (χ0v) is 37.7. The fourth-order valence-corrected chi connectivity index (χ4v) is 9.40. The number of nitrogens with one attached hydrogen (secondary N) is 1. The van der Waals surface area contributed by atoms with Gasteiger partial charge in [-0.05, 0) is 89.6 Å². The van der Waals surface area contributed by atoms with Gasteiger partial charge in [0.05, 0.1) is 47.0 Å². The molecule has 1 unspecified atom stereocenters. The van der Waals surface area contributed by atoms with E-state index >= 15 is 0 Å². The molecule has 0 spiro atoms. The van der Waals surface area contributed by atoms with Crippen LogP contribution in [0.2, 0.25) is 0 Å². The summed E-state index contributed by atoms with van der Waals surface area (Å²) >= 11 is 0. The van der Waals surface area contributed by atoms with E-state index in [-0.39, 0.29) is 51.6 Å². The van der Waals surface area contributed by atoms with Crippen LogP contribution in [0, 0.1) is 0 Å². The molecular formula is C42H60N3O12S3+. The van der Waals surface area contributed by atoms with Crippen LogP contribution in [0.25, 0.3) is 0 Å². The molecule has 0 radical (unpaired) electrons. The van der Waals surface area contributed by atoms with E-state index in [9.17, 15) is 43.7 Å². The van der Waals surface area contributed by atoms with Gasteiger partial charge in [-0.15, -0.1) is 0 Å². The van der Waals surface area contributed by atoms with Crippen LogP contribution in [0.15, 0.2) is 72.5 Å². The van der Waals surface area contributed by atoms with Crippen molar-refractivity contribution < 1.29 is 57.9 Å². The summed E-state index contributed by atoms with van der Waals surface area (Å²) in [5.41, 5.74) is 7.07. The number of para-hydroxylation sites is 1. The smallest absolute Gasteiger partial charge is 0.338 e. The number of hydroxylamine groups is 1. The summed E-state index contributed by atoms with van der Waals surface area (Å²) in [6, 6.07) is 11.3. The van der Waals surface area contributed by atoms with Crippen LogP contribution in [0.1, 0.15) is 107 Å². The molecule has 0 aliphatic carbocycles. The van der Waals surface area contributed by atoms with Crippen molar-refractivity contribution in [3.05, 3.63) is 94.7 Å². The first-order valence-electron chi connectivity index (χ1n) is 20.1. The van der Waals surface area contributed by atoms with E-state index in [2.05, 4.69) is 5.48 Å². The Morgan fingerprint density at radius 3 is 2.18 bits per heavy atom. The van der Waals surface area contributed by atoms with E-state index in [1.807, 2.05) is 99.6 Å². The normalized spacial score (nSPS) is 18.7. The van der Waals surface area contributed by atoms with Gasteiger partial charge >= 0.3 is 5.97 Å². The first-order chi connectivity index (χ1) is 28.0. The average Bonchev–Trinajstić information content (AvgIpc) is 3.49. The van der Waals surface area contributed by atoms with Crippen LogP contribution < -0.4 is 10.4 Å². The summed E-state index contributed by atoms with van der Waals surface area (Å²) in [7, 11) is -12.7. The Labute approximate surface area is 355 Å². The minimum Gasteiger partial charge on any atom is -0.462 e. The summed E-state index contributed by atoms with van der Waals surface area (Å²) in [5.74, 6) is -1.84. The number of nitrogens with zero attached hydrogens (tertiary/aromatic N) is 2. The van der Waals surface area contributed by atoms with Crippen molar-refractivity contribution in [3.8, 4) is 0 Å². The second-order valence-corrected chi connectivity index (χ2v) is 20.9. The molecule has 0 aromatic heterocycles. The highest BCUT2D eigenvalue weighted by atomic mass is 32.2. The molecule has 15 nitrogen and oxygen atoms in total. The van der Waals surface area contributed by atoms with Crippen molar-refractivity contribution in [2.45, 2.75) is 104 Å². The van der Waals surface area contributed by atoms with Crippen molar-refractivity contribution in [2.75, 3.05) is 41.9 Å². The monoisotopic (exact) mass is 894 g/mol. The number of unbranched alkanes of at least 4 members (excludes halogenated alkanes) is 1. The molecule has 2 heterocycles. The molecule has 2 aliphatic heterocycles. The lowest BCUT2D eigenvalue weighted by atomic mass is 9.77. The van der Waals surface area contributed by atoms with Crippen molar-refractivity contribution in [3.63, 3.8) is 0 Å². The molecular weight excluding hydrogens is 835 g/mol. The summed E-state index contributed by atoms with van der Waals surface area (Å²) in [4.78, 5) is 21.4. The Balaban J connectivity index is 1.80. The number of benzene rings is 2. The number of fused-ring (bicyclic) bond motifs is 2. The molecule has 4 rings (SSSR count). The number of rotatable bonds is 23. The van der Waals surface area contributed by atoms with Crippen molar-refractivity contribution in [2.24, 2.45) is 0 Å². The number of anilines is 1. The summed E-state index contributed by atoms with van der Waals surface area (Å²) in [6.45, 7) is 12.6. The molecule has 0 saturated carbocycles. The Hall–Kier alpha value is -3.75. The molecule has 0 bridgehead atoms. The third kappa shape index (κ3) is 13.1. The van der Waals surface area contributed by atoms with Crippen LogP contribution in [0.4, 0.5) is 11.4 Å². The van der Waals surface area contributed by atoms with Crippen LogP contribution >= 0.6 is 0 Å². The fourth-order valence-electron chi connectivity index (χ4n) is 7.91. The maximum absolute atomic E-state index is 13.7. The number of hydrogen-bond acceptors (Lipinski definition) is 11. The highest BCUT2D eigenvalue weighted by Gasteiger charge is 2.48. The minimum absolute atomic E-state index is 0.0403. The van der Waals surface area contributed by atoms with Crippen LogP contribution in [-0.2, 0) is 57.4 Å². The largest absolute Gasteiger partial charge is 0.462 e. The number of hydrogen-bond donors (Lipinski definition) is 4. The number of esters is 1. The van der Waals surface area contributed by atoms with Crippen LogP contribution in [0.5, 0.6) is 0 Å². The molecule has 0 amide bonds. The number of carbonyl (C=O) groups is 1. The Morgan fingerprint density at radius 2 is 1.53 bits per heavy atom. The quantitative estimate of drug-likeness (QED) is 0.0236. The number of ether oxygens (including phenoxy) is 1. The van der Waals surface area contributed by atoms with Gasteiger partial charge in [0, 0.05) is 47.9 Å². The first kappa shape index (κ1) is 48.9. The van der Waals surface area contributed by atoms with Crippen LogP contribution in [-0.4, -0.2) is 98.2 Å². The molecule has 2 aromatic rings. The zero-order valence-electron chi connectivity index (χ0n) is 35.3. The molecule has 4 N–H and O–H groups in total. The van der Waals surface area contributed by atoms with Gasteiger partial charge in [0.25, 0.3) is 30.4 Å². The Morgan fingerprint density at radius 1 is 0.883 bits per heavy atom. The van der Waals surface area contributed by atoms with Crippen molar-refractivity contribution >= 4 is 53.4 Å². The molecule has 18 heteroatoms. The molecule has 2 aliphatic rings. The molecule has 2 aromatic carbocycles. The van der Waals surface area contributed by atoms with Gasteiger partial charge < -0.3 is 9.64 Å². The topological polar surface area (TPSA) is 217 Å². The van der Waals surface area contributed by atoms with Crippen molar-refractivity contribution in [1.82, 2.24) is 5.48 Å². The van der Waals surface area contributed by atoms with E-state index in [4.69, 9.17) is 9.57 Å². The van der Waals surface area contributed by atoms with E-state index in [1.165, 1.54) is 0 Å². The van der Waals surface area contributed by atoms with Gasteiger partial charge in [-0.25, -0.2) is 4.79 Å². The third-order valence-corrected chi connectivity index (χ3v) is 13.0. The molecule has 0 fully saturated rings. The number of carbonyl (C=O) groups excluding carboxylic acids is 1. The molecule has 1 atom stereocenters. The maximum Gasteiger partial charge on any atom is 0.338 e. The second-order valence-electron chi connectivity index (χ2n) is 16.2. The third-order valence-electron chi connectivity index (χ3n) is 10.6. The summed E-state index contributed by atoms with van der Waals surface area (Å²) < 4.78 is 106. The predicted octanol–water partition coefficient (Wildman–Crippen LogP) is 6.45. The summed E-state index contributed by atoms with van der Waals surface area (Å²) in [6.07, 6.45) is 11.4. The van der Waals surface area contributed by atoms with Gasteiger partial charge in [0.1, 0.15) is 6.54 Å². The van der Waals surface area contributed by atoms with Gasteiger partial charge in [0.15, 0.2) is 5.71 Å². The predicted molar refractivity (Wildman–Crippen MR) is 233 cm³/mol. The molecule has 332 valence electrons. The van der Waals surface area contributed by atoms with Gasteiger partial charge in [-0.2, -0.15) is 35.3 Å². The van der Waals surface area contributed by atoms with Crippen LogP contribution in [0.3, 0.4) is 0 Å². The van der Waals surface area contributed by atoms with E-state index in [0.717, 1.165) is 29.1 Å². The fraction of sp³-hybridized carbons (Fsp3) is 0.524. The molecule has 60 heavy (non-hydrogen) atoms. The lowest BCUT2D eigenvalue weighted by Crippen LogP contribution is -2.30. The second kappa shape index (κ2) is 20.4. The van der Waals surface area contributed by atoms with E-state index in [0.29, 0.717) is 35.2 Å². The maximum atomic E-state index is 13.7. The van der Waals surface area contributed by atoms with E-state index < -0.39 is 64.4 Å². The highest BCUT2D eigenvalue weighted by Crippen LogP contribution is 2.50. The van der Waals surface area contributed by atoms with Crippen molar-refractivity contribution in [1.29, 1.82) is 0 Å².